The van der Waals surface area contributed by atoms with Gasteiger partial charge in [0, 0.05) is 16.8 Å². The quantitative estimate of drug-likeness (QED) is 0.734. The second-order valence-corrected chi connectivity index (χ2v) is 6.08. The number of allylic oxidation sites excluding steroid dienone is 1. The normalized spacial score (nSPS) is 14.3. The molecule has 1 aliphatic rings. The fraction of sp³-hybridized carbons (Fsp3) is 0.0500. The summed E-state index contributed by atoms with van der Waals surface area (Å²) in [6.45, 7) is 1.79. The summed E-state index contributed by atoms with van der Waals surface area (Å²) < 4.78 is 14.4. The van der Waals surface area contributed by atoms with Gasteiger partial charge in [-0.25, -0.2) is 13.8 Å². The summed E-state index contributed by atoms with van der Waals surface area (Å²) in [6, 6.07) is 12.6. The second kappa shape index (κ2) is 6.21. The van der Waals surface area contributed by atoms with Crippen molar-refractivity contribution in [3.8, 4) is 11.6 Å². The fourth-order valence-corrected chi connectivity index (χ4v) is 3.08. The molecule has 7 heteroatoms. The third kappa shape index (κ3) is 2.79. The lowest BCUT2D eigenvalue weighted by molar-refractivity contribution is 0.429. The number of hydrogen-bond donors (Lipinski definition) is 2. The monoisotopic (exact) mass is 363 g/mol. The van der Waals surface area contributed by atoms with E-state index in [4.69, 9.17) is 0 Å². The highest BCUT2D eigenvalue weighted by Gasteiger charge is 2.20. The van der Waals surface area contributed by atoms with Gasteiger partial charge in [-0.05, 0) is 37.3 Å². The van der Waals surface area contributed by atoms with Crippen molar-refractivity contribution in [2.75, 3.05) is 0 Å². The van der Waals surface area contributed by atoms with Gasteiger partial charge >= 0.3 is 5.69 Å². The average Bonchev–Trinajstić information content (AvgIpc) is 2.93. The smallest absolute Gasteiger partial charge is 0.335 e. The van der Waals surface area contributed by atoms with Gasteiger partial charge < -0.3 is 5.11 Å². The van der Waals surface area contributed by atoms with E-state index >= 15 is 0 Å². The second-order valence-electron chi connectivity index (χ2n) is 6.08. The van der Waals surface area contributed by atoms with Crippen LogP contribution in [0.2, 0.25) is 0 Å². The molecule has 0 bridgehead atoms. The van der Waals surface area contributed by atoms with E-state index < -0.39 is 22.9 Å². The Balaban J connectivity index is 1.96. The van der Waals surface area contributed by atoms with Gasteiger partial charge in [-0.3, -0.25) is 14.8 Å². The van der Waals surface area contributed by atoms with E-state index in [2.05, 4.69) is 9.98 Å². The Hall–Kier alpha value is -3.74. The zero-order valence-electron chi connectivity index (χ0n) is 14.2. The third-order valence-corrected chi connectivity index (χ3v) is 4.35. The Labute approximate surface area is 152 Å². The van der Waals surface area contributed by atoms with Crippen LogP contribution in [-0.2, 0) is 0 Å². The number of aliphatic imine (C=N–C) groups is 1. The predicted octanol–water partition coefficient (Wildman–Crippen LogP) is 3.02. The number of H-pyrrole nitrogens is 1. The molecule has 0 unspecified atom stereocenters. The summed E-state index contributed by atoms with van der Waals surface area (Å²) in [4.78, 5) is 31.1. The lowest BCUT2D eigenvalue weighted by Gasteiger charge is -2.10. The van der Waals surface area contributed by atoms with Crippen LogP contribution in [0.25, 0.3) is 17.3 Å². The van der Waals surface area contributed by atoms with Crippen molar-refractivity contribution in [2.45, 2.75) is 6.92 Å². The van der Waals surface area contributed by atoms with Crippen molar-refractivity contribution < 1.29 is 9.50 Å². The number of aromatic nitrogens is 2. The minimum absolute atomic E-state index is 0.102. The number of hydrogen-bond acceptors (Lipinski definition) is 4. The number of benzene rings is 2. The van der Waals surface area contributed by atoms with E-state index in [-0.39, 0.29) is 11.3 Å². The Bertz CT molecular complexity index is 1250. The molecule has 1 aliphatic heterocycles. The number of nitrogens with one attached hydrogen (secondary N) is 1. The number of nitrogens with zero attached hydrogens (tertiary/aromatic N) is 2. The first kappa shape index (κ1) is 16.7. The maximum absolute atomic E-state index is 13.5. The van der Waals surface area contributed by atoms with Gasteiger partial charge in [0.05, 0.1) is 11.4 Å². The van der Waals surface area contributed by atoms with E-state index in [9.17, 15) is 19.1 Å². The van der Waals surface area contributed by atoms with E-state index in [1.165, 1.54) is 24.3 Å². The summed E-state index contributed by atoms with van der Waals surface area (Å²) in [5.41, 5.74) is 1.31. The van der Waals surface area contributed by atoms with Gasteiger partial charge in [-0.1, -0.05) is 24.3 Å². The summed E-state index contributed by atoms with van der Waals surface area (Å²) in [6.07, 6.45) is 1.48. The molecule has 1 aromatic heterocycles. The van der Waals surface area contributed by atoms with Crippen molar-refractivity contribution >= 4 is 23.0 Å². The zero-order chi connectivity index (χ0) is 19.1. The SMILES string of the molecule is CC1=Nc2ccccc2C1=Cc1c(O)n(-c2cccc(F)c2)c(=O)[nH]c1=O. The standard InChI is InChI=1S/C20H14FN3O3/c1-11-15(14-7-2-3-8-17(14)22-11)10-16-18(25)23-20(27)24(19(16)26)13-6-4-5-12(21)9-13/h2-10,26H,1H3,(H,23,25,27). The molecule has 2 aromatic carbocycles. The number of rotatable bonds is 2. The van der Waals surface area contributed by atoms with Crippen molar-refractivity contribution in [1.29, 1.82) is 0 Å². The maximum Gasteiger partial charge on any atom is 0.335 e. The van der Waals surface area contributed by atoms with Gasteiger partial charge in [0.1, 0.15) is 11.4 Å². The van der Waals surface area contributed by atoms with Crippen LogP contribution in [0.5, 0.6) is 5.88 Å². The number of aromatic hydroxyl groups is 1. The van der Waals surface area contributed by atoms with Crippen LogP contribution in [-0.4, -0.2) is 20.4 Å². The topological polar surface area (TPSA) is 87.4 Å². The van der Waals surface area contributed by atoms with Crippen LogP contribution >= 0.6 is 0 Å². The summed E-state index contributed by atoms with van der Waals surface area (Å²) in [5, 5.41) is 10.6. The van der Waals surface area contributed by atoms with Crippen LogP contribution in [0, 0.1) is 5.82 Å². The summed E-state index contributed by atoms with van der Waals surface area (Å²) in [5.74, 6) is -1.14. The highest BCUT2D eigenvalue weighted by atomic mass is 19.1. The third-order valence-electron chi connectivity index (χ3n) is 4.35. The number of fused-ring (bicyclic) bond motifs is 1. The molecule has 2 heterocycles. The highest BCUT2D eigenvalue weighted by Crippen LogP contribution is 2.36. The van der Waals surface area contributed by atoms with Crippen LogP contribution in [0.3, 0.4) is 0 Å². The van der Waals surface area contributed by atoms with Crippen molar-refractivity contribution in [3.63, 3.8) is 0 Å². The molecule has 0 fully saturated rings. The van der Waals surface area contributed by atoms with Gasteiger partial charge in [-0.15, -0.1) is 0 Å². The largest absolute Gasteiger partial charge is 0.494 e. The maximum atomic E-state index is 13.5. The van der Waals surface area contributed by atoms with Gasteiger partial charge in [0.25, 0.3) is 5.56 Å². The first-order valence-electron chi connectivity index (χ1n) is 8.16. The number of para-hydroxylation sites is 1. The molecule has 0 radical (unpaired) electrons. The van der Waals surface area contributed by atoms with Crippen LogP contribution in [0.4, 0.5) is 10.1 Å². The molecule has 0 saturated carbocycles. The predicted molar refractivity (Wildman–Crippen MR) is 101 cm³/mol. The number of aromatic amines is 1. The average molecular weight is 363 g/mol. The molecule has 2 N–H and O–H groups in total. The van der Waals surface area contributed by atoms with Crippen LogP contribution in [0.1, 0.15) is 18.1 Å². The van der Waals surface area contributed by atoms with E-state index in [1.807, 2.05) is 24.3 Å². The molecule has 0 saturated heterocycles. The molecule has 27 heavy (non-hydrogen) atoms. The molecule has 0 spiro atoms. The Morgan fingerprint density at radius 3 is 2.70 bits per heavy atom. The fourth-order valence-electron chi connectivity index (χ4n) is 3.08. The molecule has 0 atom stereocenters. The van der Waals surface area contributed by atoms with Gasteiger partial charge in [0.15, 0.2) is 0 Å². The van der Waals surface area contributed by atoms with Crippen molar-refractivity contribution in [2.24, 2.45) is 4.99 Å². The Morgan fingerprint density at radius 2 is 1.93 bits per heavy atom. The minimum atomic E-state index is -0.859. The Morgan fingerprint density at radius 1 is 1.15 bits per heavy atom. The van der Waals surface area contributed by atoms with Crippen LogP contribution < -0.4 is 11.2 Å². The molecule has 0 aliphatic carbocycles. The van der Waals surface area contributed by atoms with E-state index in [0.29, 0.717) is 11.3 Å². The lowest BCUT2D eigenvalue weighted by atomic mass is 10.0. The van der Waals surface area contributed by atoms with E-state index in [0.717, 1.165) is 21.9 Å². The molecular weight excluding hydrogens is 349 g/mol. The van der Waals surface area contributed by atoms with Gasteiger partial charge in [-0.2, -0.15) is 0 Å². The first-order valence-corrected chi connectivity index (χ1v) is 8.16. The molecular formula is C20H14FN3O3. The summed E-state index contributed by atoms with van der Waals surface area (Å²) >= 11 is 0. The first-order chi connectivity index (χ1) is 13.0. The molecule has 6 nitrogen and oxygen atoms in total. The van der Waals surface area contributed by atoms with E-state index in [1.54, 1.807) is 6.92 Å². The molecule has 134 valence electrons. The molecule has 0 amide bonds. The summed E-state index contributed by atoms with van der Waals surface area (Å²) in [7, 11) is 0. The highest BCUT2D eigenvalue weighted by molar-refractivity contribution is 6.31. The van der Waals surface area contributed by atoms with Gasteiger partial charge in [0.2, 0.25) is 5.88 Å². The van der Waals surface area contributed by atoms with Crippen molar-refractivity contribution in [3.05, 3.63) is 86.3 Å². The minimum Gasteiger partial charge on any atom is -0.494 e. The number of halogens is 1. The van der Waals surface area contributed by atoms with Crippen molar-refractivity contribution in [1.82, 2.24) is 9.55 Å². The molecule has 4 rings (SSSR count). The Kier molecular flexibility index (Phi) is 3.84. The van der Waals surface area contributed by atoms with Crippen LogP contribution in [0.15, 0.2) is 63.1 Å². The lowest BCUT2D eigenvalue weighted by Crippen LogP contribution is -2.30. The zero-order valence-corrected chi connectivity index (χ0v) is 14.2. The molecule has 3 aromatic rings.